The van der Waals surface area contributed by atoms with Crippen molar-refractivity contribution in [3.8, 4) is 17.0 Å². The van der Waals surface area contributed by atoms with E-state index in [4.69, 9.17) is 14.3 Å². The average molecular weight is 529 g/mol. The lowest BCUT2D eigenvalue weighted by Gasteiger charge is -2.32. The van der Waals surface area contributed by atoms with Crippen molar-refractivity contribution in [2.24, 2.45) is 11.8 Å². The van der Waals surface area contributed by atoms with Gasteiger partial charge in [0.1, 0.15) is 16.8 Å². The van der Waals surface area contributed by atoms with Gasteiger partial charge in [-0.3, -0.25) is 14.7 Å². The van der Waals surface area contributed by atoms with Crippen LogP contribution in [-0.4, -0.2) is 39.3 Å². The number of fused-ring (bicyclic) bond motifs is 1. The number of amides is 1. The number of ether oxygens (including phenoxy) is 1. The van der Waals surface area contributed by atoms with Crippen LogP contribution in [0.2, 0.25) is 0 Å². The van der Waals surface area contributed by atoms with Gasteiger partial charge in [0.2, 0.25) is 5.91 Å². The van der Waals surface area contributed by atoms with Gasteiger partial charge in [-0.15, -0.1) is 5.10 Å². The number of nitrogens with zero attached hydrogens (tertiary/aromatic N) is 4. The molecule has 4 aromatic rings. The van der Waals surface area contributed by atoms with E-state index in [1.807, 2.05) is 63.4 Å². The number of anilines is 1. The Kier molecular flexibility index (Phi) is 7.55. The van der Waals surface area contributed by atoms with Crippen LogP contribution in [-0.2, 0) is 9.53 Å². The molecule has 3 heterocycles. The molecule has 1 aliphatic rings. The second-order valence-electron chi connectivity index (χ2n) is 10.8. The third kappa shape index (κ3) is 5.46. The van der Waals surface area contributed by atoms with E-state index in [1.54, 1.807) is 22.7 Å². The number of aryl methyl sites for hydroxylation is 1. The van der Waals surface area contributed by atoms with Crippen LogP contribution in [0.15, 0.2) is 53.2 Å². The normalized spacial score (nSPS) is 17.5. The van der Waals surface area contributed by atoms with Gasteiger partial charge in [0.25, 0.3) is 0 Å². The van der Waals surface area contributed by atoms with E-state index in [2.05, 4.69) is 11.9 Å². The summed E-state index contributed by atoms with van der Waals surface area (Å²) in [5, 5.41) is 4.77. The van der Waals surface area contributed by atoms with Crippen LogP contribution in [0.1, 0.15) is 69.3 Å². The van der Waals surface area contributed by atoms with Crippen molar-refractivity contribution in [3.63, 3.8) is 0 Å². The highest BCUT2D eigenvalue weighted by molar-refractivity contribution is 6.02. The van der Waals surface area contributed by atoms with Crippen molar-refractivity contribution in [3.05, 3.63) is 59.9 Å². The van der Waals surface area contributed by atoms with E-state index in [1.165, 1.54) is 0 Å². The minimum Gasteiger partial charge on any atom is -0.462 e. The molecule has 0 spiro atoms. The maximum Gasteiger partial charge on any atom is 0.343 e. The van der Waals surface area contributed by atoms with Crippen LogP contribution in [0.4, 0.5) is 5.82 Å². The smallest absolute Gasteiger partial charge is 0.343 e. The fourth-order valence-electron chi connectivity index (χ4n) is 5.27. The molecule has 1 aromatic carbocycles. The number of furan rings is 1. The zero-order chi connectivity index (χ0) is 27.7. The van der Waals surface area contributed by atoms with E-state index in [0.29, 0.717) is 11.7 Å². The minimum absolute atomic E-state index is 0.0248. The summed E-state index contributed by atoms with van der Waals surface area (Å²) < 4.78 is 13.0. The maximum atomic E-state index is 13.7. The van der Waals surface area contributed by atoms with Crippen molar-refractivity contribution in [2.45, 2.75) is 66.3 Å². The number of pyridine rings is 1. The molecule has 0 atom stereocenters. The van der Waals surface area contributed by atoms with Gasteiger partial charge in [-0.1, -0.05) is 6.92 Å². The number of rotatable bonds is 7. The van der Waals surface area contributed by atoms with Crippen LogP contribution in [0, 0.1) is 18.8 Å². The third-order valence-corrected chi connectivity index (χ3v) is 7.46. The highest BCUT2D eigenvalue weighted by atomic mass is 16.5. The zero-order valence-corrected chi connectivity index (χ0v) is 23.3. The molecule has 1 amide bonds. The molecule has 0 radical (unpaired) electrons. The quantitative estimate of drug-likeness (QED) is 0.247. The standard InChI is InChI=1S/C31H36N4O4/c1-6-38-31(37)25-18-34(33-29(25)35(19(2)3)30(36)23-9-7-20(4)8-10-23)24-13-11-22(12-14-24)27-16-26-28(39-27)15-21(5)17-32-26/h11-20,23H,6-10H2,1-5H3. The summed E-state index contributed by atoms with van der Waals surface area (Å²) in [6.07, 6.45) is 7.26. The van der Waals surface area contributed by atoms with Crippen LogP contribution < -0.4 is 4.90 Å². The second-order valence-corrected chi connectivity index (χ2v) is 10.8. The van der Waals surface area contributed by atoms with Gasteiger partial charge in [0.05, 0.1) is 12.3 Å². The highest BCUT2D eigenvalue weighted by Gasteiger charge is 2.34. The van der Waals surface area contributed by atoms with E-state index >= 15 is 0 Å². The average Bonchev–Trinajstić information content (AvgIpc) is 3.54. The van der Waals surface area contributed by atoms with Gasteiger partial charge in [-0.2, -0.15) is 0 Å². The SMILES string of the molecule is CCOC(=O)c1cn(-c2ccc(-c3cc4ncc(C)cc4o3)cc2)nc1N(C(=O)C1CCC(C)CC1)C(C)C. The van der Waals surface area contributed by atoms with Crippen LogP contribution in [0.5, 0.6) is 0 Å². The molecule has 1 aliphatic carbocycles. The molecule has 5 rings (SSSR count). The van der Waals surface area contributed by atoms with Crippen LogP contribution in [0.25, 0.3) is 28.1 Å². The molecule has 8 heteroatoms. The molecule has 8 nitrogen and oxygen atoms in total. The topological polar surface area (TPSA) is 90.5 Å². The van der Waals surface area contributed by atoms with E-state index < -0.39 is 5.97 Å². The maximum absolute atomic E-state index is 13.7. The molecule has 3 aromatic heterocycles. The Bertz CT molecular complexity index is 1480. The largest absolute Gasteiger partial charge is 0.462 e. The molecule has 0 N–H and O–H groups in total. The van der Waals surface area contributed by atoms with Gasteiger partial charge in [-0.25, -0.2) is 9.48 Å². The fraction of sp³-hybridized carbons (Fsp3) is 0.419. The lowest BCUT2D eigenvalue weighted by Crippen LogP contribution is -2.43. The molecule has 204 valence electrons. The lowest BCUT2D eigenvalue weighted by atomic mass is 9.82. The monoisotopic (exact) mass is 528 g/mol. The summed E-state index contributed by atoms with van der Waals surface area (Å²) in [6, 6.07) is 11.4. The van der Waals surface area contributed by atoms with Crippen molar-refractivity contribution in [1.29, 1.82) is 0 Å². The van der Waals surface area contributed by atoms with Crippen molar-refractivity contribution in [2.75, 3.05) is 11.5 Å². The number of esters is 1. The Morgan fingerprint density at radius 3 is 2.51 bits per heavy atom. The van der Waals surface area contributed by atoms with Crippen molar-refractivity contribution >= 4 is 28.8 Å². The molecular weight excluding hydrogens is 492 g/mol. The lowest BCUT2D eigenvalue weighted by molar-refractivity contribution is -0.124. The summed E-state index contributed by atoms with van der Waals surface area (Å²) in [5.41, 5.74) is 4.53. The number of hydrogen-bond acceptors (Lipinski definition) is 6. The summed E-state index contributed by atoms with van der Waals surface area (Å²) in [7, 11) is 0. The summed E-state index contributed by atoms with van der Waals surface area (Å²) in [5.74, 6) is 1.17. The van der Waals surface area contributed by atoms with Crippen LogP contribution in [0.3, 0.4) is 0 Å². The fourth-order valence-corrected chi connectivity index (χ4v) is 5.27. The number of hydrogen-bond donors (Lipinski definition) is 0. The van der Waals surface area contributed by atoms with Gasteiger partial charge >= 0.3 is 5.97 Å². The Labute approximate surface area is 229 Å². The Hall–Kier alpha value is -3.94. The number of aromatic nitrogens is 3. The van der Waals surface area contributed by atoms with E-state index in [0.717, 1.165) is 59.4 Å². The second kappa shape index (κ2) is 11.0. The van der Waals surface area contributed by atoms with Gasteiger partial charge in [0, 0.05) is 36.0 Å². The molecule has 0 saturated heterocycles. The van der Waals surface area contributed by atoms with Crippen LogP contribution >= 0.6 is 0 Å². The summed E-state index contributed by atoms with van der Waals surface area (Å²) >= 11 is 0. The first kappa shape index (κ1) is 26.7. The molecule has 39 heavy (non-hydrogen) atoms. The predicted molar refractivity (Wildman–Crippen MR) is 151 cm³/mol. The molecule has 0 unspecified atom stereocenters. The number of carbonyl (C=O) groups is 2. The van der Waals surface area contributed by atoms with Gasteiger partial charge < -0.3 is 9.15 Å². The molecule has 1 saturated carbocycles. The Morgan fingerprint density at radius 1 is 1.13 bits per heavy atom. The first-order valence-corrected chi connectivity index (χ1v) is 13.8. The predicted octanol–water partition coefficient (Wildman–Crippen LogP) is 6.73. The molecular formula is C31H36N4O4. The first-order valence-electron chi connectivity index (χ1n) is 13.8. The Balaban J connectivity index is 1.48. The zero-order valence-electron chi connectivity index (χ0n) is 23.3. The van der Waals surface area contributed by atoms with Crippen molar-refractivity contribution < 1.29 is 18.7 Å². The summed E-state index contributed by atoms with van der Waals surface area (Å²) in [6.45, 7) is 10.1. The first-order chi connectivity index (χ1) is 18.7. The van der Waals surface area contributed by atoms with Crippen molar-refractivity contribution in [1.82, 2.24) is 14.8 Å². The number of benzene rings is 1. The third-order valence-electron chi connectivity index (χ3n) is 7.46. The van der Waals surface area contributed by atoms with E-state index in [9.17, 15) is 9.59 Å². The minimum atomic E-state index is -0.490. The molecule has 0 bridgehead atoms. The summed E-state index contributed by atoms with van der Waals surface area (Å²) in [4.78, 5) is 32.8. The molecule has 0 aliphatic heterocycles. The van der Waals surface area contributed by atoms with E-state index in [-0.39, 0.29) is 30.0 Å². The highest BCUT2D eigenvalue weighted by Crippen LogP contribution is 2.33. The van der Waals surface area contributed by atoms with Gasteiger partial charge in [-0.05, 0) is 95.2 Å². The Morgan fingerprint density at radius 2 is 1.85 bits per heavy atom. The van der Waals surface area contributed by atoms with Gasteiger partial charge in [0.15, 0.2) is 11.4 Å². The number of carbonyl (C=O) groups excluding carboxylic acids is 2. The molecule has 1 fully saturated rings.